The number of thiophene rings is 1. The van der Waals surface area contributed by atoms with Crippen LogP contribution in [0.2, 0.25) is 0 Å². The van der Waals surface area contributed by atoms with Gasteiger partial charge in [0.05, 0.1) is 17.9 Å². The number of carbonyl (C=O) groups excluding carboxylic acids is 2. The highest BCUT2D eigenvalue weighted by Gasteiger charge is 2.20. The van der Waals surface area contributed by atoms with Crippen LogP contribution in [0.3, 0.4) is 0 Å². The van der Waals surface area contributed by atoms with E-state index in [1.165, 1.54) is 18.3 Å². The summed E-state index contributed by atoms with van der Waals surface area (Å²) < 4.78 is 10.6. The van der Waals surface area contributed by atoms with Crippen LogP contribution < -0.4 is 10.1 Å². The Bertz CT molecular complexity index is 639. The first-order valence-electron chi connectivity index (χ1n) is 6.87. The molecule has 0 bridgehead atoms. The van der Waals surface area contributed by atoms with Crippen molar-refractivity contribution in [3.63, 3.8) is 0 Å². The number of amides is 1. The molecule has 1 heterocycles. The Hall–Kier alpha value is -2.34. The van der Waals surface area contributed by atoms with Gasteiger partial charge in [-0.05, 0) is 37.4 Å². The molecule has 0 saturated heterocycles. The molecule has 1 amide bonds. The van der Waals surface area contributed by atoms with Crippen LogP contribution >= 0.6 is 11.3 Å². The summed E-state index contributed by atoms with van der Waals surface area (Å²) in [5, 5.41) is 6.16. The molecule has 0 radical (unpaired) electrons. The number of esters is 1. The van der Waals surface area contributed by atoms with E-state index in [0.29, 0.717) is 23.6 Å². The smallest absolute Gasteiger partial charge is 0.339 e. The van der Waals surface area contributed by atoms with Gasteiger partial charge >= 0.3 is 5.97 Å². The zero-order valence-electron chi connectivity index (χ0n) is 12.4. The number of anilines is 1. The predicted octanol–water partition coefficient (Wildman–Crippen LogP) is 3.33. The summed E-state index contributed by atoms with van der Waals surface area (Å²) in [6.07, 6.45) is -0.901. The first-order chi connectivity index (χ1) is 10.6. The molecule has 0 aliphatic rings. The van der Waals surface area contributed by atoms with Crippen LogP contribution in [0.4, 0.5) is 5.69 Å². The van der Waals surface area contributed by atoms with Gasteiger partial charge in [-0.2, -0.15) is 11.3 Å². The lowest BCUT2D eigenvalue weighted by molar-refractivity contribution is -0.123. The molecule has 5 nitrogen and oxygen atoms in total. The van der Waals surface area contributed by atoms with Crippen LogP contribution in [0.5, 0.6) is 5.75 Å². The molecule has 0 unspecified atom stereocenters. The standard InChI is InChI=1S/C16H17NO4S/c1-3-20-14-7-5-4-6-13(14)17-15(18)11(2)21-16(19)12-8-9-22-10-12/h4-11H,3H2,1-2H3,(H,17,18)/t11-/m0/s1. The van der Waals surface area contributed by atoms with E-state index in [1.807, 2.05) is 13.0 Å². The van der Waals surface area contributed by atoms with Gasteiger partial charge in [-0.25, -0.2) is 4.79 Å². The van der Waals surface area contributed by atoms with Crippen LogP contribution in [0.25, 0.3) is 0 Å². The highest BCUT2D eigenvalue weighted by atomic mass is 32.1. The minimum atomic E-state index is -0.901. The van der Waals surface area contributed by atoms with Crippen LogP contribution in [0.15, 0.2) is 41.1 Å². The van der Waals surface area contributed by atoms with Gasteiger partial charge in [-0.15, -0.1) is 0 Å². The molecule has 0 fully saturated rings. The molecule has 1 N–H and O–H groups in total. The molecule has 116 valence electrons. The fourth-order valence-electron chi connectivity index (χ4n) is 1.75. The van der Waals surface area contributed by atoms with Gasteiger partial charge in [0.2, 0.25) is 0 Å². The monoisotopic (exact) mass is 319 g/mol. The maximum atomic E-state index is 12.1. The fourth-order valence-corrected chi connectivity index (χ4v) is 2.37. The lowest BCUT2D eigenvalue weighted by Crippen LogP contribution is -2.30. The fraction of sp³-hybridized carbons (Fsp3) is 0.250. The quantitative estimate of drug-likeness (QED) is 0.830. The van der Waals surface area contributed by atoms with Crippen molar-refractivity contribution in [2.45, 2.75) is 20.0 Å². The second-order valence-corrected chi connectivity index (χ2v) is 5.26. The van der Waals surface area contributed by atoms with E-state index in [1.54, 1.807) is 35.0 Å². The van der Waals surface area contributed by atoms with Crippen LogP contribution in [-0.4, -0.2) is 24.6 Å². The van der Waals surface area contributed by atoms with Crippen molar-refractivity contribution in [1.29, 1.82) is 0 Å². The van der Waals surface area contributed by atoms with Crippen molar-refractivity contribution in [3.8, 4) is 5.75 Å². The number of hydrogen-bond donors (Lipinski definition) is 1. The van der Waals surface area contributed by atoms with E-state index in [0.717, 1.165) is 0 Å². The number of hydrogen-bond acceptors (Lipinski definition) is 5. The second kappa shape index (κ2) is 7.61. The highest BCUT2D eigenvalue weighted by Crippen LogP contribution is 2.24. The zero-order chi connectivity index (χ0) is 15.9. The average Bonchev–Trinajstić information content (AvgIpc) is 3.03. The van der Waals surface area contributed by atoms with Crippen molar-refractivity contribution in [2.24, 2.45) is 0 Å². The Labute approximate surface area is 132 Å². The molecule has 0 aliphatic carbocycles. The van der Waals surface area contributed by atoms with Crippen molar-refractivity contribution in [3.05, 3.63) is 46.7 Å². The summed E-state index contributed by atoms with van der Waals surface area (Å²) >= 11 is 1.40. The molecule has 2 rings (SSSR count). The molecule has 0 aliphatic heterocycles. The number of para-hydroxylation sites is 2. The van der Waals surface area contributed by atoms with Crippen LogP contribution in [0, 0.1) is 0 Å². The summed E-state index contributed by atoms with van der Waals surface area (Å²) in [5.74, 6) is -0.340. The minimum Gasteiger partial charge on any atom is -0.492 e. The maximum absolute atomic E-state index is 12.1. The van der Waals surface area contributed by atoms with Gasteiger partial charge in [0.1, 0.15) is 5.75 Å². The second-order valence-electron chi connectivity index (χ2n) is 4.48. The molecule has 6 heteroatoms. The first-order valence-corrected chi connectivity index (χ1v) is 7.82. The number of nitrogens with one attached hydrogen (secondary N) is 1. The van der Waals surface area contributed by atoms with E-state index in [9.17, 15) is 9.59 Å². The predicted molar refractivity (Wildman–Crippen MR) is 85.4 cm³/mol. The van der Waals surface area contributed by atoms with Crippen molar-refractivity contribution in [1.82, 2.24) is 0 Å². The normalized spacial score (nSPS) is 11.5. The summed E-state index contributed by atoms with van der Waals surface area (Å²) in [4.78, 5) is 24.0. The highest BCUT2D eigenvalue weighted by molar-refractivity contribution is 7.08. The molecule has 22 heavy (non-hydrogen) atoms. The van der Waals surface area contributed by atoms with E-state index in [4.69, 9.17) is 9.47 Å². The topological polar surface area (TPSA) is 64.6 Å². The third kappa shape index (κ3) is 4.08. The molecule has 1 atom stereocenters. The molecule has 0 saturated carbocycles. The Morgan fingerprint density at radius 1 is 1.27 bits per heavy atom. The maximum Gasteiger partial charge on any atom is 0.339 e. The molecule has 1 aromatic carbocycles. The van der Waals surface area contributed by atoms with Gasteiger partial charge in [-0.1, -0.05) is 12.1 Å². The van der Waals surface area contributed by atoms with Gasteiger partial charge in [0.15, 0.2) is 6.10 Å². The lowest BCUT2D eigenvalue weighted by atomic mass is 10.2. The van der Waals surface area contributed by atoms with Crippen LogP contribution in [-0.2, 0) is 9.53 Å². The zero-order valence-corrected chi connectivity index (χ0v) is 13.2. The van der Waals surface area contributed by atoms with Gasteiger partial charge in [-0.3, -0.25) is 4.79 Å². The summed E-state index contributed by atoms with van der Waals surface area (Å²) in [6.45, 7) is 3.89. The number of rotatable bonds is 6. The first kappa shape index (κ1) is 16.0. The number of ether oxygens (including phenoxy) is 2. The van der Waals surface area contributed by atoms with Crippen molar-refractivity contribution < 1.29 is 19.1 Å². The van der Waals surface area contributed by atoms with Gasteiger partial charge < -0.3 is 14.8 Å². The summed E-state index contributed by atoms with van der Waals surface area (Å²) in [5.41, 5.74) is 0.993. The van der Waals surface area contributed by atoms with Gasteiger partial charge in [0, 0.05) is 5.38 Å². The molecule has 0 spiro atoms. The molecule has 1 aromatic heterocycles. The van der Waals surface area contributed by atoms with E-state index >= 15 is 0 Å². The van der Waals surface area contributed by atoms with E-state index < -0.39 is 18.0 Å². The lowest BCUT2D eigenvalue weighted by Gasteiger charge is -2.15. The third-order valence-electron chi connectivity index (χ3n) is 2.85. The van der Waals surface area contributed by atoms with E-state index in [-0.39, 0.29) is 0 Å². The Balaban J connectivity index is 1.98. The Morgan fingerprint density at radius 2 is 2.05 bits per heavy atom. The number of benzene rings is 1. The summed E-state index contributed by atoms with van der Waals surface area (Å²) in [6, 6.07) is 8.76. The van der Waals surface area contributed by atoms with Gasteiger partial charge in [0.25, 0.3) is 5.91 Å². The third-order valence-corrected chi connectivity index (χ3v) is 3.54. The van der Waals surface area contributed by atoms with Crippen molar-refractivity contribution in [2.75, 3.05) is 11.9 Å². The molecular formula is C16H17NO4S. The molecular weight excluding hydrogens is 302 g/mol. The van der Waals surface area contributed by atoms with Crippen LogP contribution in [0.1, 0.15) is 24.2 Å². The minimum absolute atomic E-state index is 0.407. The Morgan fingerprint density at radius 3 is 2.73 bits per heavy atom. The summed E-state index contributed by atoms with van der Waals surface area (Å²) in [7, 11) is 0. The Kier molecular flexibility index (Phi) is 5.55. The largest absolute Gasteiger partial charge is 0.492 e. The SMILES string of the molecule is CCOc1ccccc1NC(=O)[C@H](C)OC(=O)c1ccsc1. The van der Waals surface area contributed by atoms with Crippen molar-refractivity contribution >= 4 is 28.9 Å². The number of carbonyl (C=O) groups is 2. The average molecular weight is 319 g/mol. The van der Waals surface area contributed by atoms with E-state index in [2.05, 4.69) is 5.32 Å². The molecule has 2 aromatic rings.